The summed E-state index contributed by atoms with van der Waals surface area (Å²) in [5, 5.41) is 0. The molecule has 1 heterocycles. The van der Waals surface area contributed by atoms with Gasteiger partial charge in [-0.2, -0.15) is 0 Å². The lowest BCUT2D eigenvalue weighted by Gasteiger charge is -2.06. The third kappa shape index (κ3) is 3.52. The summed E-state index contributed by atoms with van der Waals surface area (Å²) in [5.74, 6) is 0.205. The monoisotopic (exact) mass is 204 g/mol. The highest BCUT2D eigenvalue weighted by Crippen LogP contribution is 2.37. The van der Waals surface area contributed by atoms with Gasteiger partial charge in [-0.05, 0) is 6.07 Å². The third-order valence-corrected chi connectivity index (χ3v) is 1.78. The topological polar surface area (TPSA) is 106 Å². The average molecular weight is 204 g/mol. The van der Waals surface area contributed by atoms with Crippen molar-refractivity contribution in [2.45, 2.75) is 6.61 Å². The zero-order valence-corrected chi connectivity index (χ0v) is 7.52. The molecule has 1 aromatic heterocycles. The number of phosphoric acid groups is 1. The van der Waals surface area contributed by atoms with E-state index in [0.29, 0.717) is 5.56 Å². The van der Waals surface area contributed by atoms with E-state index in [9.17, 15) is 4.57 Å². The average Bonchev–Trinajstić information content (AvgIpc) is 2.01. The number of phosphoric ester groups is 1. The van der Waals surface area contributed by atoms with Gasteiger partial charge in [0.2, 0.25) is 0 Å². The molecule has 0 aliphatic rings. The molecular formula is C6H9N2O4P. The van der Waals surface area contributed by atoms with E-state index in [0.717, 1.165) is 0 Å². The van der Waals surface area contributed by atoms with E-state index in [4.69, 9.17) is 15.5 Å². The predicted octanol–water partition coefficient (Wildman–Crippen LogP) is 0.273. The Morgan fingerprint density at radius 2 is 2.31 bits per heavy atom. The maximum atomic E-state index is 10.3. The third-order valence-electron chi connectivity index (χ3n) is 1.31. The van der Waals surface area contributed by atoms with Crippen LogP contribution in [-0.2, 0) is 15.7 Å². The summed E-state index contributed by atoms with van der Waals surface area (Å²) in [5.41, 5.74) is 5.86. The predicted molar refractivity (Wildman–Crippen MR) is 45.5 cm³/mol. The van der Waals surface area contributed by atoms with Crippen LogP contribution in [0.2, 0.25) is 0 Å². The number of nitrogen functional groups attached to an aromatic ring is 1. The van der Waals surface area contributed by atoms with Gasteiger partial charge in [0.15, 0.2) is 0 Å². The Bertz CT molecular complexity index is 337. The van der Waals surface area contributed by atoms with Gasteiger partial charge in [0.25, 0.3) is 0 Å². The van der Waals surface area contributed by atoms with Gasteiger partial charge in [-0.15, -0.1) is 0 Å². The van der Waals surface area contributed by atoms with Crippen molar-refractivity contribution < 1.29 is 18.9 Å². The van der Waals surface area contributed by atoms with Crippen LogP contribution in [0.3, 0.4) is 0 Å². The first-order valence-corrected chi connectivity index (χ1v) is 4.91. The fourth-order valence-electron chi connectivity index (χ4n) is 0.726. The lowest BCUT2D eigenvalue weighted by molar-refractivity contribution is 0.189. The van der Waals surface area contributed by atoms with Gasteiger partial charge in [0, 0.05) is 11.8 Å². The maximum Gasteiger partial charge on any atom is 0.469 e. The zero-order chi connectivity index (χ0) is 9.90. The Kier molecular flexibility index (Phi) is 3.00. The van der Waals surface area contributed by atoms with Gasteiger partial charge in [-0.3, -0.25) is 4.52 Å². The minimum Gasteiger partial charge on any atom is -0.383 e. The van der Waals surface area contributed by atoms with E-state index >= 15 is 0 Å². The van der Waals surface area contributed by atoms with Gasteiger partial charge in [0.05, 0.1) is 6.61 Å². The first kappa shape index (κ1) is 10.1. The highest BCUT2D eigenvalue weighted by atomic mass is 31.2. The standard InChI is InChI=1S/C6H9N2O4P/c7-6-5(2-1-3-8-6)4-12-13(9,10)11/h1-3H,4H2,(H2,7,8)(H2,9,10,11). The van der Waals surface area contributed by atoms with Crippen molar-refractivity contribution in [2.75, 3.05) is 5.73 Å². The molecule has 0 unspecified atom stereocenters. The van der Waals surface area contributed by atoms with Crippen LogP contribution in [0.15, 0.2) is 18.3 Å². The Morgan fingerprint density at radius 1 is 1.62 bits per heavy atom. The normalized spacial score (nSPS) is 11.5. The summed E-state index contributed by atoms with van der Waals surface area (Å²) in [6.07, 6.45) is 1.48. The summed E-state index contributed by atoms with van der Waals surface area (Å²) in [4.78, 5) is 20.5. The van der Waals surface area contributed by atoms with E-state index in [-0.39, 0.29) is 12.4 Å². The molecule has 0 atom stereocenters. The van der Waals surface area contributed by atoms with Gasteiger partial charge < -0.3 is 15.5 Å². The fraction of sp³-hybridized carbons (Fsp3) is 0.167. The number of aromatic nitrogens is 1. The van der Waals surface area contributed by atoms with Crippen LogP contribution in [-0.4, -0.2) is 14.8 Å². The number of anilines is 1. The molecule has 13 heavy (non-hydrogen) atoms. The Labute approximate surface area is 74.6 Å². The van der Waals surface area contributed by atoms with Crippen molar-refractivity contribution in [2.24, 2.45) is 0 Å². The van der Waals surface area contributed by atoms with Crippen LogP contribution >= 0.6 is 7.82 Å². The minimum atomic E-state index is -4.43. The molecule has 0 saturated carbocycles. The van der Waals surface area contributed by atoms with Gasteiger partial charge in [-0.25, -0.2) is 9.55 Å². The number of nitrogens with zero attached hydrogens (tertiary/aromatic N) is 1. The molecule has 0 radical (unpaired) electrons. The summed E-state index contributed by atoms with van der Waals surface area (Å²) in [6.45, 7) is -0.246. The van der Waals surface area contributed by atoms with Crippen LogP contribution in [0.5, 0.6) is 0 Å². The molecule has 0 spiro atoms. The van der Waals surface area contributed by atoms with Crippen LogP contribution in [0.25, 0.3) is 0 Å². The smallest absolute Gasteiger partial charge is 0.383 e. The Morgan fingerprint density at radius 3 is 2.85 bits per heavy atom. The molecular weight excluding hydrogens is 195 g/mol. The first-order valence-electron chi connectivity index (χ1n) is 3.38. The van der Waals surface area contributed by atoms with Crippen molar-refractivity contribution in [1.29, 1.82) is 0 Å². The quantitative estimate of drug-likeness (QED) is 0.610. The molecule has 6 nitrogen and oxygen atoms in total. The maximum absolute atomic E-state index is 10.3. The minimum absolute atomic E-state index is 0.205. The first-order chi connectivity index (χ1) is 5.99. The van der Waals surface area contributed by atoms with Crippen molar-refractivity contribution in [1.82, 2.24) is 4.98 Å². The number of hydrogen-bond donors (Lipinski definition) is 3. The second kappa shape index (κ2) is 3.85. The second-order valence-electron chi connectivity index (χ2n) is 2.31. The molecule has 0 amide bonds. The molecule has 0 aliphatic carbocycles. The molecule has 7 heteroatoms. The highest BCUT2D eigenvalue weighted by Gasteiger charge is 2.14. The Hall–Kier alpha value is -0.940. The molecule has 1 aromatic rings. The van der Waals surface area contributed by atoms with Crippen LogP contribution in [0.1, 0.15) is 5.56 Å². The molecule has 0 bridgehead atoms. The van der Waals surface area contributed by atoms with Gasteiger partial charge >= 0.3 is 7.82 Å². The second-order valence-corrected chi connectivity index (χ2v) is 3.55. The summed E-state index contributed by atoms with van der Waals surface area (Å²) in [6, 6.07) is 3.19. The zero-order valence-electron chi connectivity index (χ0n) is 6.62. The number of nitrogens with two attached hydrogens (primary N) is 1. The molecule has 0 aromatic carbocycles. The summed E-state index contributed by atoms with van der Waals surface area (Å²) >= 11 is 0. The van der Waals surface area contributed by atoms with Crippen LogP contribution < -0.4 is 5.73 Å². The number of hydrogen-bond acceptors (Lipinski definition) is 4. The molecule has 72 valence electrons. The number of rotatable bonds is 3. The van der Waals surface area contributed by atoms with Crippen LogP contribution in [0, 0.1) is 0 Å². The van der Waals surface area contributed by atoms with Gasteiger partial charge in [-0.1, -0.05) is 6.07 Å². The van der Waals surface area contributed by atoms with Crippen molar-refractivity contribution in [3.63, 3.8) is 0 Å². The van der Waals surface area contributed by atoms with E-state index in [1.807, 2.05) is 0 Å². The van der Waals surface area contributed by atoms with Crippen molar-refractivity contribution in [3.05, 3.63) is 23.9 Å². The SMILES string of the molecule is Nc1ncccc1COP(=O)(O)O. The van der Waals surface area contributed by atoms with Crippen LogP contribution in [0.4, 0.5) is 5.82 Å². The fourth-order valence-corrected chi connectivity index (χ4v) is 1.03. The van der Waals surface area contributed by atoms with Crippen molar-refractivity contribution in [3.8, 4) is 0 Å². The highest BCUT2D eigenvalue weighted by molar-refractivity contribution is 7.46. The summed E-state index contributed by atoms with van der Waals surface area (Å²) in [7, 11) is -4.43. The van der Waals surface area contributed by atoms with E-state index in [2.05, 4.69) is 9.51 Å². The molecule has 0 aliphatic heterocycles. The van der Waals surface area contributed by atoms with E-state index in [1.54, 1.807) is 12.1 Å². The lowest BCUT2D eigenvalue weighted by atomic mass is 10.3. The largest absolute Gasteiger partial charge is 0.469 e. The van der Waals surface area contributed by atoms with Gasteiger partial charge in [0.1, 0.15) is 5.82 Å². The lowest BCUT2D eigenvalue weighted by Crippen LogP contribution is -1.98. The Balaban J connectivity index is 2.65. The van der Waals surface area contributed by atoms with E-state index < -0.39 is 7.82 Å². The number of pyridine rings is 1. The molecule has 0 saturated heterocycles. The van der Waals surface area contributed by atoms with E-state index in [1.165, 1.54) is 6.20 Å². The van der Waals surface area contributed by atoms with Crippen molar-refractivity contribution >= 4 is 13.6 Å². The molecule has 1 rings (SSSR count). The summed E-state index contributed by atoms with van der Waals surface area (Å²) < 4.78 is 14.6. The molecule has 0 fully saturated rings. The molecule has 4 N–H and O–H groups in total.